The zero-order valence-corrected chi connectivity index (χ0v) is 6.94. The fourth-order valence-electron chi connectivity index (χ4n) is 0.823. The van der Waals surface area contributed by atoms with E-state index < -0.39 is 6.86 Å². The van der Waals surface area contributed by atoms with E-state index in [2.05, 4.69) is 10.2 Å². The molecule has 0 saturated carbocycles. The number of hydrogen-bond acceptors (Lipinski definition) is 3. The standard InChI is InChI=1S/C7H8ClFN2O/c8-5-2-1-3-6(12-4-9)7(5)11-10/h1-3,11H,4,10H2. The summed E-state index contributed by atoms with van der Waals surface area (Å²) in [6.45, 7) is -0.908. The van der Waals surface area contributed by atoms with Crippen molar-refractivity contribution in [1.82, 2.24) is 0 Å². The van der Waals surface area contributed by atoms with Gasteiger partial charge in [-0.3, -0.25) is 5.84 Å². The number of hydrogen-bond donors (Lipinski definition) is 2. The van der Waals surface area contributed by atoms with Gasteiger partial charge < -0.3 is 10.2 Å². The lowest BCUT2D eigenvalue weighted by Gasteiger charge is -2.08. The van der Waals surface area contributed by atoms with Crippen molar-refractivity contribution >= 4 is 17.3 Å². The van der Waals surface area contributed by atoms with Crippen molar-refractivity contribution in [2.45, 2.75) is 0 Å². The summed E-state index contributed by atoms with van der Waals surface area (Å²) in [5, 5.41) is 0.392. The van der Waals surface area contributed by atoms with E-state index in [1.165, 1.54) is 0 Å². The average Bonchev–Trinajstić information content (AvgIpc) is 2.05. The molecule has 0 heterocycles. The highest BCUT2D eigenvalue weighted by molar-refractivity contribution is 6.33. The summed E-state index contributed by atoms with van der Waals surface area (Å²) in [6.07, 6.45) is 0. The number of benzene rings is 1. The summed E-state index contributed by atoms with van der Waals surface area (Å²) in [7, 11) is 0. The van der Waals surface area contributed by atoms with Gasteiger partial charge in [0.05, 0.1) is 5.02 Å². The number of nitrogens with two attached hydrogens (primary N) is 1. The molecule has 1 aromatic rings. The summed E-state index contributed by atoms with van der Waals surface area (Å²) in [5.74, 6) is 5.44. The summed E-state index contributed by atoms with van der Waals surface area (Å²) in [6, 6.07) is 4.84. The Morgan fingerprint density at radius 1 is 1.58 bits per heavy atom. The van der Waals surface area contributed by atoms with Crippen LogP contribution in [0.5, 0.6) is 5.75 Å². The highest BCUT2D eigenvalue weighted by atomic mass is 35.5. The summed E-state index contributed by atoms with van der Waals surface area (Å²) < 4.78 is 16.4. The van der Waals surface area contributed by atoms with Crippen LogP contribution in [0.25, 0.3) is 0 Å². The molecule has 0 fully saturated rings. The minimum atomic E-state index is -0.908. The Morgan fingerprint density at radius 3 is 2.92 bits per heavy atom. The van der Waals surface area contributed by atoms with Crippen molar-refractivity contribution in [1.29, 1.82) is 0 Å². The molecule has 0 radical (unpaired) electrons. The maximum Gasteiger partial charge on any atom is 0.228 e. The Balaban J connectivity index is 3.00. The van der Waals surface area contributed by atoms with Gasteiger partial charge in [0.2, 0.25) is 6.86 Å². The molecule has 0 bridgehead atoms. The Kier molecular flexibility index (Phi) is 3.13. The lowest BCUT2D eigenvalue weighted by atomic mass is 10.3. The maximum atomic E-state index is 11.8. The predicted octanol–water partition coefficient (Wildman–Crippen LogP) is 1.93. The van der Waals surface area contributed by atoms with Crippen molar-refractivity contribution in [3.8, 4) is 5.75 Å². The molecule has 0 unspecified atom stereocenters. The van der Waals surface area contributed by atoms with Gasteiger partial charge in [0.15, 0.2) is 0 Å². The SMILES string of the molecule is NNc1c(Cl)cccc1OCF. The molecular weight excluding hydrogens is 183 g/mol. The third kappa shape index (κ3) is 1.78. The van der Waals surface area contributed by atoms with Gasteiger partial charge in [-0.05, 0) is 12.1 Å². The van der Waals surface area contributed by atoms with Crippen LogP contribution < -0.4 is 16.0 Å². The number of anilines is 1. The number of ether oxygens (including phenoxy) is 1. The average molecular weight is 191 g/mol. The molecule has 3 nitrogen and oxygen atoms in total. The highest BCUT2D eigenvalue weighted by Crippen LogP contribution is 2.31. The molecule has 0 aromatic heterocycles. The van der Waals surface area contributed by atoms with Crippen molar-refractivity contribution in [2.75, 3.05) is 12.3 Å². The molecule has 0 aliphatic rings. The van der Waals surface area contributed by atoms with Gasteiger partial charge in [0.25, 0.3) is 0 Å². The molecule has 5 heteroatoms. The van der Waals surface area contributed by atoms with E-state index in [0.29, 0.717) is 16.5 Å². The van der Waals surface area contributed by atoms with Gasteiger partial charge in [0.1, 0.15) is 11.4 Å². The number of nitrogen functional groups attached to an aromatic ring is 1. The third-order valence-corrected chi connectivity index (χ3v) is 1.64. The molecule has 1 rings (SSSR count). The van der Waals surface area contributed by atoms with Crippen LogP contribution >= 0.6 is 11.6 Å². The Hall–Kier alpha value is -1.00. The first-order valence-electron chi connectivity index (χ1n) is 3.23. The second kappa shape index (κ2) is 4.13. The molecule has 0 saturated heterocycles. The van der Waals surface area contributed by atoms with Gasteiger partial charge in [-0.2, -0.15) is 0 Å². The number of nitrogens with one attached hydrogen (secondary N) is 1. The van der Waals surface area contributed by atoms with Crippen LogP contribution in [-0.4, -0.2) is 6.86 Å². The largest absolute Gasteiger partial charge is 0.461 e. The zero-order valence-electron chi connectivity index (χ0n) is 6.18. The second-order valence-corrected chi connectivity index (χ2v) is 2.42. The first-order valence-corrected chi connectivity index (χ1v) is 3.61. The molecule has 0 aliphatic carbocycles. The predicted molar refractivity (Wildman–Crippen MR) is 45.9 cm³/mol. The minimum absolute atomic E-state index is 0.299. The van der Waals surface area contributed by atoms with Crippen LogP contribution in [0.4, 0.5) is 10.1 Å². The molecule has 3 N–H and O–H groups in total. The molecule has 66 valence electrons. The topological polar surface area (TPSA) is 47.3 Å². The van der Waals surface area contributed by atoms with Crippen molar-refractivity contribution in [2.24, 2.45) is 5.84 Å². The Bertz CT molecular complexity index is 270. The van der Waals surface area contributed by atoms with Crippen LogP contribution in [0, 0.1) is 0 Å². The summed E-state index contributed by atoms with van der Waals surface area (Å²) in [4.78, 5) is 0. The van der Waals surface area contributed by atoms with E-state index in [1.54, 1.807) is 18.2 Å². The van der Waals surface area contributed by atoms with Gasteiger partial charge >= 0.3 is 0 Å². The molecule has 0 amide bonds. The molecule has 0 atom stereocenters. The van der Waals surface area contributed by atoms with Gasteiger partial charge in [-0.15, -0.1) is 0 Å². The van der Waals surface area contributed by atoms with Crippen molar-refractivity contribution in [3.63, 3.8) is 0 Å². The van der Waals surface area contributed by atoms with Gasteiger partial charge in [-0.1, -0.05) is 17.7 Å². The molecule has 0 spiro atoms. The first kappa shape index (κ1) is 9.09. The number of hydrazine groups is 1. The zero-order chi connectivity index (χ0) is 8.97. The van der Waals surface area contributed by atoms with E-state index in [9.17, 15) is 4.39 Å². The van der Waals surface area contributed by atoms with Gasteiger partial charge in [-0.25, -0.2) is 4.39 Å². The van der Waals surface area contributed by atoms with Gasteiger partial charge in [0, 0.05) is 0 Å². The first-order chi connectivity index (χ1) is 5.79. The lowest BCUT2D eigenvalue weighted by molar-refractivity contribution is 0.192. The Labute approximate surface area is 74.2 Å². The minimum Gasteiger partial charge on any atom is -0.461 e. The van der Waals surface area contributed by atoms with Crippen LogP contribution in [0.1, 0.15) is 0 Å². The van der Waals surface area contributed by atoms with E-state index >= 15 is 0 Å². The van der Waals surface area contributed by atoms with Crippen LogP contribution in [-0.2, 0) is 0 Å². The van der Waals surface area contributed by atoms with Crippen molar-refractivity contribution < 1.29 is 9.13 Å². The fraction of sp³-hybridized carbons (Fsp3) is 0.143. The quantitative estimate of drug-likeness (QED) is 0.566. The van der Waals surface area contributed by atoms with E-state index in [-0.39, 0.29) is 0 Å². The molecule has 1 aromatic carbocycles. The smallest absolute Gasteiger partial charge is 0.228 e. The fourth-order valence-corrected chi connectivity index (χ4v) is 1.04. The number of para-hydroxylation sites is 1. The molecular formula is C7H8ClFN2O. The second-order valence-electron chi connectivity index (χ2n) is 2.01. The van der Waals surface area contributed by atoms with Crippen LogP contribution in [0.2, 0.25) is 5.02 Å². The molecule has 0 aliphatic heterocycles. The lowest BCUT2D eigenvalue weighted by Crippen LogP contribution is -2.09. The van der Waals surface area contributed by atoms with Crippen LogP contribution in [0.3, 0.4) is 0 Å². The number of rotatable bonds is 3. The van der Waals surface area contributed by atoms with E-state index in [0.717, 1.165) is 0 Å². The number of halogens is 2. The summed E-state index contributed by atoms with van der Waals surface area (Å²) >= 11 is 5.72. The van der Waals surface area contributed by atoms with E-state index in [4.69, 9.17) is 17.4 Å². The third-order valence-electron chi connectivity index (χ3n) is 1.33. The Morgan fingerprint density at radius 2 is 2.33 bits per heavy atom. The number of alkyl halides is 1. The molecule has 12 heavy (non-hydrogen) atoms. The normalized spacial score (nSPS) is 9.58. The summed E-state index contributed by atoms with van der Waals surface area (Å²) in [5.41, 5.74) is 2.71. The monoisotopic (exact) mass is 190 g/mol. The van der Waals surface area contributed by atoms with E-state index in [1.807, 2.05) is 0 Å². The highest BCUT2D eigenvalue weighted by Gasteiger charge is 2.05. The van der Waals surface area contributed by atoms with Crippen molar-refractivity contribution in [3.05, 3.63) is 23.2 Å². The van der Waals surface area contributed by atoms with Crippen LogP contribution in [0.15, 0.2) is 18.2 Å². The maximum absolute atomic E-state index is 11.8.